The Morgan fingerprint density at radius 2 is 1.74 bits per heavy atom. The van der Waals surface area contributed by atoms with Crippen molar-refractivity contribution in [1.82, 2.24) is 0 Å². The van der Waals surface area contributed by atoms with Gasteiger partial charge in [-0.15, -0.1) is 0 Å². The number of carbonyl (C=O) groups is 2. The number of rotatable bonds is 3. The molecule has 0 aromatic heterocycles. The van der Waals surface area contributed by atoms with Gasteiger partial charge in [-0.2, -0.15) is 0 Å². The van der Waals surface area contributed by atoms with Gasteiger partial charge in [0.15, 0.2) is 5.78 Å². The molecule has 3 rings (SSSR count). The van der Waals surface area contributed by atoms with E-state index in [-0.39, 0.29) is 61.4 Å². The second kappa shape index (κ2) is 18.7. The van der Waals surface area contributed by atoms with Crippen molar-refractivity contribution in [3.8, 4) is 0 Å². The van der Waals surface area contributed by atoms with Crippen LogP contribution in [0.25, 0.3) is 0 Å². The number of hydrogen-bond donors (Lipinski definition) is 4. The molecule has 0 bridgehead atoms. The van der Waals surface area contributed by atoms with Crippen LogP contribution in [0.3, 0.4) is 0 Å². The predicted octanol–water partition coefficient (Wildman–Crippen LogP) is 4.67. The Bertz CT molecular complexity index is 1420. The van der Waals surface area contributed by atoms with Crippen LogP contribution in [0.1, 0.15) is 92.9 Å². The third kappa shape index (κ3) is 12.5. The molecule has 2 aliphatic rings. The third-order valence-corrected chi connectivity index (χ3v) is 12.6. The van der Waals surface area contributed by atoms with Gasteiger partial charge in [0.25, 0.3) is 0 Å². The van der Waals surface area contributed by atoms with Crippen molar-refractivity contribution in [2.45, 2.75) is 140 Å². The Kier molecular flexibility index (Phi) is 15.6. The number of esters is 1. The van der Waals surface area contributed by atoms with Crippen molar-refractivity contribution < 1.29 is 44.4 Å². The molecular formula is C38H55NO10Se. The minimum atomic E-state index is -1.75. The Hall–Kier alpha value is -2.70. The van der Waals surface area contributed by atoms with Gasteiger partial charge in [0.2, 0.25) is 0 Å². The van der Waals surface area contributed by atoms with E-state index in [0.717, 1.165) is 29.3 Å². The second-order valence-electron chi connectivity index (χ2n) is 14.5. The zero-order valence-electron chi connectivity index (χ0n) is 30.1. The van der Waals surface area contributed by atoms with Gasteiger partial charge >= 0.3 is 264 Å². The molecule has 0 aliphatic carbocycles. The molecular weight excluding hydrogens is 709 g/mol. The first-order valence-corrected chi connectivity index (χ1v) is 19.3. The Morgan fingerprint density at radius 1 is 1.06 bits per heavy atom. The average molecular weight is 765 g/mol. The van der Waals surface area contributed by atoms with Gasteiger partial charge < -0.3 is 15.3 Å². The molecule has 11 nitrogen and oxygen atoms in total. The summed E-state index contributed by atoms with van der Waals surface area (Å²) in [5, 5.41) is 54.9. The number of aliphatic hydroxyl groups excluding tert-OH is 3. The first kappa shape index (κ1) is 41.7. The number of fused-ring (bicyclic) bond motifs is 1. The number of aliphatic hydroxyl groups is 4. The molecule has 1 fully saturated rings. The number of benzene rings is 1. The molecule has 4 N–H and O–H groups in total. The normalized spacial score (nSPS) is 37.0. The molecule has 1 aromatic rings. The Balaban J connectivity index is 1.82. The standard InChI is InChI=1S/C38H55NO10Se/c1-22-16-23(2)18-31-36(49-31)33(50-32-14-11-9-13-29(32)39(46)47)15-10-8-12-24(3)37(44)48-27(6)19-25(4)34(42)35(43)30(41)20-28(40)21-38(7,45)26(5)17-22/h9,11-14,17,23,25,27-28,31,33-36,40,42-43,45H,1,8,10,15-16,18-21H2,2-7H3/b24-12+,26-17+/t23-,25-,27+,28-,31-,33+,34+,35+,36+,38-/m1/s1. The van der Waals surface area contributed by atoms with Crippen molar-refractivity contribution >= 4 is 36.9 Å². The zero-order chi connectivity index (χ0) is 37.3. The van der Waals surface area contributed by atoms with Crippen LogP contribution in [0, 0.1) is 22.0 Å². The Morgan fingerprint density at radius 3 is 2.42 bits per heavy atom. The van der Waals surface area contributed by atoms with E-state index in [0.29, 0.717) is 24.0 Å². The van der Waals surface area contributed by atoms with E-state index < -0.39 is 54.1 Å². The summed E-state index contributed by atoms with van der Waals surface area (Å²) in [7, 11) is 0. The van der Waals surface area contributed by atoms with Crippen LogP contribution in [-0.2, 0) is 19.1 Å². The summed E-state index contributed by atoms with van der Waals surface area (Å²) < 4.78 is 12.5. The summed E-state index contributed by atoms with van der Waals surface area (Å²) in [6.45, 7) is 14.6. The first-order valence-electron chi connectivity index (χ1n) is 17.5. The molecule has 0 saturated carbocycles. The van der Waals surface area contributed by atoms with E-state index in [2.05, 4.69) is 13.5 Å². The summed E-state index contributed by atoms with van der Waals surface area (Å²) in [5.74, 6) is -1.66. The topological polar surface area (TPSA) is 180 Å². The van der Waals surface area contributed by atoms with Gasteiger partial charge in [-0.1, -0.05) is 0 Å². The summed E-state index contributed by atoms with van der Waals surface area (Å²) in [5.41, 5.74) is 0.456. The van der Waals surface area contributed by atoms with Gasteiger partial charge in [0.05, 0.1) is 0 Å². The summed E-state index contributed by atoms with van der Waals surface area (Å²) in [6, 6.07) is 6.85. The van der Waals surface area contributed by atoms with Crippen molar-refractivity contribution in [1.29, 1.82) is 0 Å². The monoisotopic (exact) mass is 765 g/mol. The summed E-state index contributed by atoms with van der Waals surface area (Å²) >= 11 is -0.221. The first-order chi connectivity index (χ1) is 23.4. The third-order valence-electron chi connectivity index (χ3n) is 9.63. The molecule has 0 radical (unpaired) electrons. The van der Waals surface area contributed by atoms with Gasteiger partial charge in [-0.3, -0.25) is 4.79 Å². The Labute approximate surface area is 302 Å². The quantitative estimate of drug-likeness (QED) is 0.111. The number of nitro benzene ring substituents is 1. The van der Waals surface area contributed by atoms with Gasteiger partial charge in [-0.05, 0) is 0 Å². The number of ketones is 1. The molecule has 1 aromatic carbocycles. The van der Waals surface area contributed by atoms with Crippen LogP contribution >= 0.6 is 0 Å². The van der Waals surface area contributed by atoms with Crippen LogP contribution in [0.2, 0.25) is 4.82 Å². The molecule has 0 unspecified atom stereocenters. The fourth-order valence-electron chi connectivity index (χ4n) is 6.54. The van der Waals surface area contributed by atoms with E-state index in [1.165, 1.54) is 6.07 Å². The molecule has 2 aliphatic heterocycles. The van der Waals surface area contributed by atoms with Crippen molar-refractivity contribution in [3.05, 3.63) is 69.8 Å². The fourth-order valence-corrected chi connectivity index (χ4v) is 9.48. The molecule has 0 amide bonds. The van der Waals surface area contributed by atoms with Crippen LogP contribution in [-0.4, -0.2) is 94.3 Å². The van der Waals surface area contributed by atoms with Gasteiger partial charge in [0, 0.05) is 6.42 Å². The van der Waals surface area contributed by atoms with E-state index in [1.54, 1.807) is 46.8 Å². The maximum atomic E-state index is 12.8. The predicted molar refractivity (Wildman–Crippen MR) is 192 cm³/mol. The number of cyclic esters (lactones) is 1. The molecule has 2 heterocycles. The number of hydrogen-bond acceptors (Lipinski definition) is 10. The van der Waals surface area contributed by atoms with E-state index in [4.69, 9.17) is 9.47 Å². The molecule has 278 valence electrons. The van der Waals surface area contributed by atoms with Crippen LogP contribution in [0.5, 0.6) is 0 Å². The van der Waals surface area contributed by atoms with Crippen molar-refractivity contribution in [2.24, 2.45) is 11.8 Å². The van der Waals surface area contributed by atoms with Crippen LogP contribution < -0.4 is 4.46 Å². The van der Waals surface area contributed by atoms with Crippen molar-refractivity contribution in [2.75, 3.05) is 0 Å². The molecule has 10 atom stereocenters. The van der Waals surface area contributed by atoms with Gasteiger partial charge in [0.1, 0.15) is 6.10 Å². The summed E-state index contributed by atoms with van der Waals surface area (Å²) in [4.78, 5) is 37.1. The minimum absolute atomic E-state index is 0.0110. The van der Waals surface area contributed by atoms with Crippen LogP contribution in [0.4, 0.5) is 5.69 Å². The number of nitro groups is 1. The van der Waals surface area contributed by atoms with Gasteiger partial charge in [-0.25, -0.2) is 0 Å². The molecule has 12 heteroatoms. The number of para-hydroxylation sites is 1. The zero-order valence-corrected chi connectivity index (χ0v) is 31.8. The fraction of sp³-hybridized carbons (Fsp3) is 0.632. The SMILES string of the molecule is C=C1/C=C(\C)[C@](C)(O)C[C@H](O)CC(=O)[C@H](O)[C@@H](O)[C@H](C)C[C@H](C)OC(=O)/C(C)=C/CCC[C@H]([Se]c2ccccc2[N+](=O)[O-])[C@H]2O[C@@H]2C[C@H](C)C1. The molecule has 0 spiro atoms. The molecule has 50 heavy (non-hydrogen) atoms. The van der Waals surface area contributed by atoms with Crippen LogP contribution in [0.15, 0.2) is 59.7 Å². The number of Topliss-reactive ketones (excluding diaryl/α,β-unsaturated/α-hetero) is 1. The summed E-state index contributed by atoms with van der Waals surface area (Å²) in [6.07, 6.45) is 1.63. The molecule has 1 saturated heterocycles. The number of nitrogens with zero attached hydrogens (tertiary/aromatic N) is 1. The van der Waals surface area contributed by atoms with E-state index >= 15 is 0 Å². The van der Waals surface area contributed by atoms with Crippen molar-refractivity contribution in [3.63, 3.8) is 0 Å². The number of ether oxygens (including phenoxy) is 2. The number of epoxide rings is 1. The van der Waals surface area contributed by atoms with E-state index in [1.807, 2.05) is 18.2 Å². The maximum absolute atomic E-state index is 12.8. The number of carbonyl (C=O) groups excluding carboxylic acids is 2. The average Bonchev–Trinajstić information content (AvgIpc) is 3.78. The second-order valence-corrected chi connectivity index (χ2v) is 17.2. The van der Waals surface area contributed by atoms with E-state index in [9.17, 15) is 40.1 Å². The number of allylic oxidation sites excluding steroid dienone is 3.